The van der Waals surface area contributed by atoms with Crippen molar-refractivity contribution in [3.8, 4) is 11.3 Å². The molecule has 0 saturated carbocycles. The van der Waals surface area contributed by atoms with E-state index in [9.17, 15) is 0 Å². The van der Waals surface area contributed by atoms with E-state index in [0.29, 0.717) is 27.1 Å². The summed E-state index contributed by atoms with van der Waals surface area (Å²) in [5.41, 5.74) is 0.758. The fourth-order valence-corrected chi connectivity index (χ4v) is 2.65. The lowest BCUT2D eigenvalue weighted by atomic mass is 10.2. The Labute approximate surface area is 127 Å². The molecule has 0 atom stereocenters. The van der Waals surface area contributed by atoms with Crippen LogP contribution in [0.4, 0.5) is 0 Å². The van der Waals surface area contributed by atoms with Gasteiger partial charge in [0, 0.05) is 6.20 Å². The van der Waals surface area contributed by atoms with E-state index in [-0.39, 0.29) is 10.3 Å². The normalized spacial score (nSPS) is 11.2. The number of pyridine rings is 1. The maximum Gasteiger partial charge on any atom is 0.255 e. The Hall–Kier alpha value is -1.14. The van der Waals surface area contributed by atoms with Crippen LogP contribution in [0.3, 0.4) is 0 Å². The number of halogens is 4. The Kier molecular flexibility index (Phi) is 3.22. The fourth-order valence-electron chi connectivity index (χ4n) is 1.58. The lowest BCUT2D eigenvalue weighted by Crippen LogP contribution is -1.99. The standard InChI is InChI=1S/C10H3Cl4N5/c11-4-1-5(12)7(15-2-4)6-8(13)18-10-16-3-17-19(10)9(6)14/h1-3H. The zero-order chi connectivity index (χ0) is 13.6. The van der Waals surface area contributed by atoms with E-state index in [1.807, 2.05) is 0 Å². The summed E-state index contributed by atoms with van der Waals surface area (Å²) in [6.07, 6.45) is 2.77. The van der Waals surface area contributed by atoms with Gasteiger partial charge in [-0.1, -0.05) is 46.4 Å². The Bertz CT molecular complexity index is 785. The van der Waals surface area contributed by atoms with Crippen LogP contribution in [-0.4, -0.2) is 24.6 Å². The van der Waals surface area contributed by atoms with Crippen molar-refractivity contribution in [1.29, 1.82) is 0 Å². The SMILES string of the molecule is Clc1cnc(-c2c(Cl)nc3ncnn3c2Cl)c(Cl)c1. The monoisotopic (exact) mass is 333 g/mol. The van der Waals surface area contributed by atoms with Crippen LogP contribution in [0.2, 0.25) is 20.4 Å². The molecular formula is C10H3Cl4N5. The molecule has 0 aromatic carbocycles. The maximum absolute atomic E-state index is 6.24. The molecule has 3 aromatic rings. The minimum Gasteiger partial charge on any atom is -0.253 e. The molecular weight excluding hydrogens is 332 g/mol. The highest BCUT2D eigenvalue weighted by Gasteiger charge is 2.19. The van der Waals surface area contributed by atoms with E-state index in [4.69, 9.17) is 46.4 Å². The van der Waals surface area contributed by atoms with Gasteiger partial charge in [-0.15, -0.1) is 0 Å². The second-order valence-electron chi connectivity index (χ2n) is 3.52. The second-order valence-corrected chi connectivity index (χ2v) is 5.08. The molecule has 19 heavy (non-hydrogen) atoms. The average molecular weight is 335 g/mol. The summed E-state index contributed by atoms with van der Waals surface area (Å²) in [7, 11) is 0. The van der Waals surface area contributed by atoms with Gasteiger partial charge in [0.05, 0.1) is 21.3 Å². The first-order valence-corrected chi connectivity index (χ1v) is 6.45. The van der Waals surface area contributed by atoms with E-state index in [1.54, 1.807) is 6.07 Å². The van der Waals surface area contributed by atoms with Crippen molar-refractivity contribution in [3.63, 3.8) is 0 Å². The van der Waals surface area contributed by atoms with Gasteiger partial charge in [0.25, 0.3) is 5.78 Å². The number of aromatic nitrogens is 5. The summed E-state index contributed by atoms with van der Waals surface area (Å²) in [5, 5.41) is 5.05. The van der Waals surface area contributed by atoms with Crippen molar-refractivity contribution >= 4 is 52.2 Å². The van der Waals surface area contributed by atoms with E-state index in [1.165, 1.54) is 17.0 Å². The molecule has 96 valence electrons. The van der Waals surface area contributed by atoms with Gasteiger partial charge >= 0.3 is 0 Å². The molecule has 5 nitrogen and oxygen atoms in total. The Balaban J connectivity index is 2.35. The quantitative estimate of drug-likeness (QED) is 0.635. The van der Waals surface area contributed by atoms with Crippen LogP contribution in [0, 0.1) is 0 Å². The minimum atomic E-state index is 0.141. The molecule has 0 amide bonds. The largest absolute Gasteiger partial charge is 0.255 e. The fraction of sp³-hybridized carbons (Fsp3) is 0. The van der Waals surface area contributed by atoms with E-state index in [2.05, 4.69) is 20.1 Å². The molecule has 0 bridgehead atoms. The zero-order valence-corrected chi connectivity index (χ0v) is 12.0. The molecule has 0 spiro atoms. The zero-order valence-electron chi connectivity index (χ0n) is 8.98. The minimum absolute atomic E-state index is 0.141. The van der Waals surface area contributed by atoms with Crippen LogP contribution < -0.4 is 0 Å². The summed E-state index contributed by atoms with van der Waals surface area (Å²) in [4.78, 5) is 12.1. The van der Waals surface area contributed by atoms with Crippen molar-refractivity contribution in [2.24, 2.45) is 0 Å². The lowest BCUT2D eigenvalue weighted by molar-refractivity contribution is 0.940. The van der Waals surface area contributed by atoms with Crippen LogP contribution in [0.5, 0.6) is 0 Å². The predicted octanol–water partition coefficient (Wildman–Crippen LogP) is 3.80. The number of fused-ring (bicyclic) bond motifs is 1. The smallest absolute Gasteiger partial charge is 0.253 e. The van der Waals surface area contributed by atoms with Gasteiger partial charge in [-0.2, -0.15) is 19.6 Å². The van der Waals surface area contributed by atoms with E-state index < -0.39 is 0 Å². The van der Waals surface area contributed by atoms with Crippen molar-refractivity contribution in [2.75, 3.05) is 0 Å². The topological polar surface area (TPSA) is 56.0 Å². The third-order valence-electron chi connectivity index (χ3n) is 2.37. The van der Waals surface area contributed by atoms with Crippen molar-refractivity contribution < 1.29 is 0 Å². The highest BCUT2D eigenvalue weighted by molar-refractivity contribution is 6.40. The van der Waals surface area contributed by atoms with E-state index >= 15 is 0 Å². The highest BCUT2D eigenvalue weighted by Crippen LogP contribution is 2.36. The molecule has 0 saturated heterocycles. The summed E-state index contributed by atoms with van der Waals surface area (Å²) in [6.45, 7) is 0. The lowest BCUT2D eigenvalue weighted by Gasteiger charge is -2.08. The van der Waals surface area contributed by atoms with Gasteiger partial charge in [-0.05, 0) is 6.07 Å². The van der Waals surface area contributed by atoms with Crippen LogP contribution in [0.25, 0.3) is 17.0 Å². The van der Waals surface area contributed by atoms with Crippen LogP contribution in [0.1, 0.15) is 0 Å². The van der Waals surface area contributed by atoms with Gasteiger partial charge in [0.15, 0.2) is 0 Å². The third-order valence-corrected chi connectivity index (χ3v) is 3.49. The van der Waals surface area contributed by atoms with Crippen molar-refractivity contribution in [2.45, 2.75) is 0 Å². The maximum atomic E-state index is 6.24. The van der Waals surface area contributed by atoms with Crippen LogP contribution in [-0.2, 0) is 0 Å². The third kappa shape index (κ3) is 2.12. The number of nitrogens with zero attached hydrogens (tertiary/aromatic N) is 5. The molecule has 3 heterocycles. The van der Waals surface area contributed by atoms with Gasteiger partial charge in [0.1, 0.15) is 16.6 Å². The summed E-state index contributed by atoms with van der Waals surface area (Å²) in [6, 6.07) is 1.55. The molecule has 0 fully saturated rings. The summed E-state index contributed by atoms with van der Waals surface area (Å²) >= 11 is 24.2. The van der Waals surface area contributed by atoms with Gasteiger partial charge in [0.2, 0.25) is 0 Å². The van der Waals surface area contributed by atoms with Crippen molar-refractivity contribution in [1.82, 2.24) is 24.6 Å². The van der Waals surface area contributed by atoms with Gasteiger partial charge < -0.3 is 0 Å². The summed E-state index contributed by atoms with van der Waals surface area (Å²) < 4.78 is 1.34. The molecule has 9 heteroatoms. The molecule has 0 unspecified atom stereocenters. The molecule has 0 N–H and O–H groups in total. The van der Waals surface area contributed by atoms with Crippen molar-refractivity contribution in [3.05, 3.63) is 38.9 Å². The molecule has 0 aliphatic heterocycles. The van der Waals surface area contributed by atoms with Gasteiger partial charge in [-0.25, -0.2) is 0 Å². The Morgan fingerprint density at radius 2 is 1.84 bits per heavy atom. The molecule has 3 aromatic heterocycles. The molecule has 0 aliphatic rings. The number of hydrogen-bond acceptors (Lipinski definition) is 4. The number of rotatable bonds is 1. The molecule has 0 radical (unpaired) electrons. The first-order chi connectivity index (χ1) is 9.08. The first kappa shape index (κ1) is 12.9. The highest BCUT2D eigenvalue weighted by atomic mass is 35.5. The second kappa shape index (κ2) is 4.76. The summed E-state index contributed by atoms with van der Waals surface area (Å²) in [5.74, 6) is 0.295. The average Bonchev–Trinajstić information content (AvgIpc) is 2.80. The first-order valence-electron chi connectivity index (χ1n) is 4.94. The van der Waals surface area contributed by atoms with E-state index in [0.717, 1.165) is 0 Å². The number of hydrogen-bond donors (Lipinski definition) is 0. The molecule has 0 aliphatic carbocycles. The Morgan fingerprint density at radius 3 is 2.58 bits per heavy atom. The van der Waals surface area contributed by atoms with Gasteiger partial charge in [-0.3, -0.25) is 4.98 Å². The predicted molar refractivity (Wildman–Crippen MR) is 74.1 cm³/mol. The Morgan fingerprint density at radius 1 is 1.05 bits per heavy atom. The molecule has 3 rings (SSSR count). The van der Waals surface area contributed by atoms with Crippen LogP contribution in [0.15, 0.2) is 18.6 Å². The van der Waals surface area contributed by atoms with Crippen LogP contribution >= 0.6 is 46.4 Å².